The molecule has 0 fully saturated rings. The minimum absolute atomic E-state index is 0.232. The first-order valence-corrected chi connectivity index (χ1v) is 11.0. The third kappa shape index (κ3) is 5.23. The molecule has 0 unspecified atom stereocenters. The van der Waals surface area contributed by atoms with E-state index in [0.29, 0.717) is 24.5 Å². The Kier molecular flexibility index (Phi) is 6.66. The van der Waals surface area contributed by atoms with Crippen LogP contribution in [0.25, 0.3) is 10.9 Å². The van der Waals surface area contributed by atoms with Crippen LogP contribution >= 0.6 is 15.9 Å². The first kappa shape index (κ1) is 21.8. The summed E-state index contributed by atoms with van der Waals surface area (Å²) in [6.45, 7) is 2.12. The molecule has 0 spiro atoms. The van der Waals surface area contributed by atoms with Crippen molar-refractivity contribution in [3.8, 4) is 0 Å². The van der Waals surface area contributed by atoms with Gasteiger partial charge in [-0.2, -0.15) is 0 Å². The van der Waals surface area contributed by atoms with Crippen LogP contribution in [-0.4, -0.2) is 23.4 Å². The van der Waals surface area contributed by atoms with Gasteiger partial charge in [-0.05, 0) is 66.9 Å². The van der Waals surface area contributed by atoms with Gasteiger partial charge in [0.25, 0.3) is 5.91 Å². The Balaban J connectivity index is 1.52. The van der Waals surface area contributed by atoms with E-state index in [1.807, 2.05) is 48.7 Å². The van der Waals surface area contributed by atoms with Crippen molar-refractivity contribution in [3.05, 3.63) is 99.9 Å². The predicted molar refractivity (Wildman–Crippen MR) is 131 cm³/mol. The molecule has 7 heteroatoms. The average Bonchev–Trinajstić information content (AvgIpc) is 3.20. The monoisotopic (exact) mass is 492 g/mol. The van der Waals surface area contributed by atoms with Gasteiger partial charge in [-0.3, -0.25) is 15.1 Å². The van der Waals surface area contributed by atoms with Gasteiger partial charge in [-0.1, -0.05) is 40.2 Å². The summed E-state index contributed by atoms with van der Waals surface area (Å²) in [5.41, 5.74) is 3.72. The van der Waals surface area contributed by atoms with Crippen LogP contribution in [0.1, 0.15) is 21.5 Å². The number of benzene rings is 3. The smallest absolute Gasteiger partial charge is 0.258 e. The lowest BCUT2D eigenvalue weighted by Gasteiger charge is -2.12. The van der Waals surface area contributed by atoms with E-state index in [4.69, 9.17) is 0 Å². The summed E-state index contributed by atoms with van der Waals surface area (Å²) in [6, 6.07) is 20.0. The van der Waals surface area contributed by atoms with E-state index in [-0.39, 0.29) is 5.56 Å². The van der Waals surface area contributed by atoms with E-state index in [1.54, 1.807) is 19.1 Å². The molecule has 0 aliphatic rings. The number of aromatic nitrogens is 1. The maximum Gasteiger partial charge on any atom is 0.258 e. The average molecular weight is 493 g/mol. The quantitative estimate of drug-likeness (QED) is 0.242. The highest BCUT2D eigenvalue weighted by molar-refractivity contribution is 9.10. The van der Waals surface area contributed by atoms with Crippen LogP contribution in [0.5, 0.6) is 0 Å². The van der Waals surface area contributed by atoms with Crippen molar-refractivity contribution in [2.75, 3.05) is 11.9 Å². The molecule has 0 radical (unpaired) electrons. The fourth-order valence-corrected chi connectivity index (χ4v) is 3.58. The fraction of sp³-hybridized carbons (Fsp3) is 0.120. The number of aryl methyl sites for hydroxylation is 1. The number of aromatic amines is 1. The standard InChI is InChI=1S/C25H22BrFN4O/c1-16-6-7-17(14-22(16)27)24(32)31-25(30-20-10-8-19(26)9-11-20)28-13-12-18-15-29-23-5-3-2-4-21(18)23/h2-11,14-15,29H,12-13H2,1H3,(H2,28,30,31,32). The maximum absolute atomic E-state index is 13.9. The Morgan fingerprint density at radius 3 is 2.66 bits per heavy atom. The SMILES string of the molecule is Cc1ccc(C(=O)NC(=NCCc2c[nH]c3ccccc23)Nc2ccc(Br)cc2)cc1F. The molecule has 1 amide bonds. The molecule has 32 heavy (non-hydrogen) atoms. The van der Waals surface area contributed by atoms with Crippen LogP contribution in [0, 0.1) is 12.7 Å². The minimum atomic E-state index is -0.431. The fourth-order valence-electron chi connectivity index (χ4n) is 3.32. The Morgan fingerprint density at radius 1 is 1.09 bits per heavy atom. The number of nitrogens with zero attached hydrogens (tertiary/aromatic N) is 1. The Bertz CT molecular complexity index is 1280. The van der Waals surface area contributed by atoms with Gasteiger partial charge in [0.15, 0.2) is 0 Å². The molecule has 0 aliphatic heterocycles. The number of carbonyl (C=O) groups excluding carboxylic acids is 1. The zero-order chi connectivity index (χ0) is 22.5. The lowest BCUT2D eigenvalue weighted by molar-refractivity contribution is 0.0976. The summed E-state index contributed by atoms with van der Waals surface area (Å²) in [4.78, 5) is 20.6. The topological polar surface area (TPSA) is 69.3 Å². The van der Waals surface area contributed by atoms with Gasteiger partial charge >= 0.3 is 0 Å². The minimum Gasteiger partial charge on any atom is -0.361 e. The number of carbonyl (C=O) groups is 1. The van der Waals surface area contributed by atoms with Crippen molar-refractivity contribution in [2.24, 2.45) is 4.99 Å². The molecule has 5 nitrogen and oxygen atoms in total. The Morgan fingerprint density at radius 2 is 1.88 bits per heavy atom. The number of H-pyrrole nitrogens is 1. The summed E-state index contributed by atoms with van der Waals surface area (Å²) in [5, 5.41) is 7.08. The van der Waals surface area contributed by atoms with E-state index in [0.717, 1.165) is 26.6 Å². The number of anilines is 1. The van der Waals surface area contributed by atoms with Crippen molar-refractivity contribution in [2.45, 2.75) is 13.3 Å². The van der Waals surface area contributed by atoms with Crippen molar-refractivity contribution in [1.29, 1.82) is 0 Å². The largest absolute Gasteiger partial charge is 0.361 e. The number of hydrogen-bond donors (Lipinski definition) is 3. The molecular weight excluding hydrogens is 471 g/mol. The lowest BCUT2D eigenvalue weighted by atomic mass is 10.1. The van der Waals surface area contributed by atoms with E-state index in [1.165, 1.54) is 6.07 Å². The Labute approximate surface area is 193 Å². The number of para-hydroxylation sites is 1. The zero-order valence-corrected chi connectivity index (χ0v) is 19.0. The third-order valence-electron chi connectivity index (χ3n) is 5.10. The summed E-state index contributed by atoms with van der Waals surface area (Å²) in [5.74, 6) is -0.547. The first-order valence-electron chi connectivity index (χ1n) is 10.2. The number of rotatable bonds is 5. The van der Waals surface area contributed by atoms with E-state index >= 15 is 0 Å². The molecule has 1 heterocycles. The summed E-state index contributed by atoms with van der Waals surface area (Å²) in [7, 11) is 0. The number of halogens is 2. The number of aliphatic imine (C=N–C) groups is 1. The van der Waals surface area contributed by atoms with Gasteiger partial charge in [0.05, 0.1) is 0 Å². The van der Waals surface area contributed by atoms with Crippen LogP contribution in [0.15, 0.2) is 82.4 Å². The lowest BCUT2D eigenvalue weighted by Crippen LogP contribution is -2.36. The molecule has 4 aromatic rings. The molecular formula is C25H22BrFN4O. The van der Waals surface area contributed by atoms with E-state index in [9.17, 15) is 9.18 Å². The molecule has 1 aromatic heterocycles. The second-order valence-electron chi connectivity index (χ2n) is 7.39. The van der Waals surface area contributed by atoms with Gasteiger partial charge in [0.2, 0.25) is 5.96 Å². The molecule has 162 valence electrons. The van der Waals surface area contributed by atoms with E-state index in [2.05, 4.69) is 42.6 Å². The number of nitrogens with one attached hydrogen (secondary N) is 3. The van der Waals surface area contributed by atoms with Crippen LogP contribution in [0.2, 0.25) is 0 Å². The van der Waals surface area contributed by atoms with Gasteiger partial charge in [-0.25, -0.2) is 4.39 Å². The van der Waals surface area contributed by atoms with Crippen molar-refractivity contribution < 1.29 is 9.18 Å². The van der Waals surface area contributed by atoms with Crippen LogP contribution in [0.4, 0.5) is 10.1 Å². The summed E-state index contributed by atoms with van der Waals surface area (Å²) >= 11 is 3.41. The van der Waals surface area contributed by atoms with Crippen LogP contribution < -0.4 is 10.6 Å². The van der Waals surface area contributed by atoms with Gasteiger partial charge in [0.1, 0.15) is 5.82 Å². The molecule has 3 N–H and O–H groups in total. The number of fused-ring (bicyclic) bond motifs is 1. The van der Waals surface area contributed by atoms with Crippen molar-refractivity contribution in [1.82, 2.24) is 10.3 Å². The number of hydrogen-bond acceptors (Lipinski definition) is 2. The molecule has 0 atom stereocenters. The highest BCUT2D eigenvalue weighted by Crippen LogP contribution is 2.18. The second kappa shape index (κ2) is 9.78. The Hall–Kier alpha value is -3.45. The maximum atomic E-state index is 13.9. The second-order valence-corrected chi connectivity index (χ2v) is 8.31. The van der Waals surface area contributed by atoms with Crippen molar-refractivity contribution >= 4 is 44.4 Å². The predicted octanol–water partition coefficient (Wildman–Crippen LogP) is 5.82. The van der Waals surface area contributed by atoms with Gasteiger partial charge < -0.3 is 10.3 Å². The van der Waals surface area contributed by atoms with Gasteiger partial charge in [0, 0.05) is 39.4 Å². The normalized spacial score (nSPS) is 11.5. The molecule has 0 aliphatic carbocycles. The first-order chi connectivity index (χ1) is 15.5. The van der Waals surface area contributed by atoms with Crippen LogP contribution in [-0.2, 0) is 6.42 Å². The van der Waals surface area contributed by atoms with Gasteiger partial charge in [-0.15, -0.1) is 0 Å². The number of amides is 1. The van der Waals surface area contributed by atoms with E-state index < -0.39 is 11.7 Å². The highest BCUT2D eigenvalue weighted by Gasteiger charge is 2.12. The third-order valence-corrected chi connectivity index (χ3v) is 5.63. The van der Waals surface area contributed by atoms with Crippen molar-refractivity contribution in [3.63, 3.8) is 0 Å². The zero-order valence-electron chi connectivity index (χ0n) is 17.5. The molecule has 0 saturated heterocycles. The summed E-state index contributed by atoms with van der Waals surface area (Å²) in [6.07, 6.45) is 2.68. The molecule has 0 saturated carbocycles. The molecule has 0 bridgehead atoms. The highest BCUT2D eigenvalue weighted by atomic mass is 79.9. The number of guanidine groups is 1. The van der Waals surface area contributed by atoms with Crippen LogP contribution in [0.3, 0.4) is 0 Å². The summed E-state index contributed by atoms with van der Waals surface area (Å²) < 4.78 is 14.9. The molecule has 4 rings (SSSR count). The molecule has 3 aromatic carbocycles.